The zero-order valence-electron chi connectivity index (χ0n) is 15.8. The summed E-state index contributed by atoms with van der Waals surface area (Å²) in [4.78, 5) is 21.6. The number of carbonyl (C=O) groups is 1. The van der Waals surface area contributed by atoms with Gasteiger partial charge in [-0.1, -0.05) is 23.7 Å². The van der Waals surface area contributed by atoms with Crippen molar-refractivity contribution in [3.8, 4) is 11.4 Å². The zero-order chi connectivity index (χ0) is 19.8. The molecule has 0 atom stereocenters. The molecule has 1 aromatic carbocycles. The third kappa shape index (κ3) is 3.14. The molecule has 0 aliphatic rings. The Morgan fingerprint density at radius 3 is 2.71 bits per heavy atom. The number of carbonyl (C=O) groups excluding carboxylic acids is 1. The molecule has 1 amide bonds. The largest absolute Gasteiger partial charge is 0.348 e. The summed E-state index contributed by atoms with van der Waals surface area (Å²) in [5.41, 5.74) is 4.60. The van der Waals surface area contributed by atoms with Gasteiger partial charge in [0, 0.05) is 43.7 Å². The van der Waals surface area contributed by atoms with Crippen LogP contribution in [0, 0.1) is 6.92 Å². The minimum atomic E-state index is -0.206. The third-order valence-electron chi connectivity index (χ3n) is 4.86. The highest BCUT2D eigenvalue weighted by molar-refractivity contribution is 6.33. The standard InChI is InChI=1S/C20H19ClN6O/c1-12-14(11-24-27(12)3)10-23-20(28)13-8-17-19(22-9-13)26(2)18(25-17)15-6-4-5-7-16(15)21/h4-9,11H,10H2,1-3H3,(H,23,28). The van der Waals surface area contributed by atoms with Crippen molar-refractivity contribution >= 4 is 28.7 Å². The second kappa shape index (κ2) is 7.09. The fourth-order valence-corrected chi connectivity index (χ4v) is 3.30. The van der Waals surface area contributed by atoms with E-state index in [-0.39, 0.29) is 5.91 Å². The number of hydrogen-bond acceptors (Lipinski definition) is 4. The highest BCUT2D eigenvalue weighted by Gasteiger charge is 2.16. The van der Waals surface area contributed by atoms with Crippen LogP contribution in [-0.2, 0) is 20.6 Å². The monoisotopic (exact) mass is 394 g/mol. The quantitative estimate of drug-likeness (QED) is 0.576. The Morgan fingerprint density at radius 2 is 2.00 bits per heavy atom. The molecule has 1 N–H and O–H groups in total. The number of amides is 1. The molecule has 0 aliphatic heterocycles. The maximum Gasteiger partial charge on any atom is 0.253 e. The van der Waals surface area contributed by atoms with Crippen LogP contribution in [0.25, 0.3) is 22.6 Å². The summed E-state index contributed by atoms with van der Waals surface area (Å²) in [5, 5.41) is 7.71. The van der Waals surface area contributed by atoms with Crippen LogP contribution in [0.15, 0.2) is 42.7 Å². The second-order valence-electron chi connectivity index (χ2n) is 6.60. The van der Waals surface area contributed by atoms with Gasteiger partial charge in [0.05, 0.1) is 16.8 Å². The number of fused-ring (bicyclic) bond motifs is 1. The average molecular weight is 395 g/mol. The van der Waals surface area contributed by atoms with E-state index in [1.54, 1.807) is 23.1 Å². The Balaban J connectivity index is 1.62. The fourth-order valence-electron chi connectivity index (χ4n) is 3.08. The lowest BCUT2D eigenvalue weighted by Crippen LogP contribution is -2.23. The molecule has 8 heteroatoms. The summed E-state index contributed by atoms with van der Waals surface area (Å²) >= 11 is 6.31. The number of aryl methyl sites for hydroxylation is 2. The minimum Gasteiger partial charge on any atom is -0.348 e. The molecule has 0 bridgehead atoms. The number of nitrogens with one attached hydrogen (secondary N) is 1. The number of imidazole rings is 1. The number of halogens is 1. The van der Waals surface area contributed by atoms with Crippen molar-refractivity contribution in [1.29, 1.82) is 0 Å². The van der Waals surface area contributed by atoms with Crippen LogP contribution in [0.5, 0.6) is 0 Å². The first-order valence-corrected chi connectivity index (χ1v) is 9.16. The van der Waals surface area contributed by atoms with E-state index in [0.717, 1.165) is 16.8 Å². The van der Waals surface area contributed by atoms with Gasteiger partial charge < -0.3 is 9.88 Å². The maximum absolute atomic E-state index is 12.6. The lowest BCUT2D eigenvalue weighted by molar-refractivity contribution is 0.0950. The molecule has 0 fully saturated rings. The van der Waals surface area contributed by atoms with Gasteiger partial charge in [-0.2, -0.15) is 5.10 Å². The second-order valence-corrected chi connectivity index (χ2v) is 7.01. The molecule has 4 aromatic rings. The van der Waals surface area contributed by atoms with Crippen LogP contribution in [0.2, 0.25) is 5.02 Å². The number of hydrogen-bond donors (Lipinski definition) is 1. The van der Waals surface area contributed by atoms with Gasteiger partial charge in [-0.25, -0.2) is 9.97 Å². The third-order valence-corrected chi connectivity index (χ3v) is 5.19. The van der Waals surface area contributed by atoms with Crippen molar-refractivity contribution in [1.82, 2.24) is 29.6 Å². The lowest BCUT2D eigenvalue weighted by atomic mass is 10.2. The summed E-state index contributed by atoms with van der Waals surface area (Å²) in [7, 11) is 3.75. The van der Waals surface area contributed by atoms with Gasteiger partial charge in [0.25, 0.3) is 5.91 Å². The van der Waals surface area contributed by atoms with Gasteiger partial charge in [0.15, 0.2) is 5.65 Å². The Bertz CT molecular complexity index is 1190. The van der Waals surface area contributed by atoms with Crippen LogP contribution < -0.4 is 5.32 Å². The molecule has 0 spiro atoms. The Hall–Kier alpha value is -3.19. The molecule has 0 radical (unpaired) electrons. The summed E-state index contributed by atoms with van der Waals surface area (Å²) < 4.78 is 3.65. The van der Waals surface area contributed by atoms with Gasteiger partial charge in [-0.3, -0.25) is 9.48 Å². The van der Waals surface area contributed by atoms with Crippen molar-refractivity contribution in [2.45, 2.75) is 13.5 Å². The summed E-state index contributed by atoms with van der Waals surface area (Å²) in [6, 6.07) is 9.26. The molecule has 0 saturated carbocycles. The Labute approximate surface area is 167 Å². The van der Waals surface area contributed by atoms with E-state index in [2.05, 4.69) is 20.4 Å². The van der Waals surface area contributed by atoms with E-state index >= 15 is 0 Å². The Kier molecular flexibility index (Phi) is 4.60. The van der Waals surface area contributed by atoms with E-state index in [9.17, 15) is 4.79 Å². The van der Waals surface area contributed by atoms with Crippen molar-refractivity contribution < 1.29 is 4.79 Å². The first kappa shape index (κ1) is 18.2. The van der Waals surface area contributed by atoms with Crippen molar-refractivity contribution in [3.05, 3.63) is 64.6 Å². The first-order valence-electron chi connectivity index (χ1n) is 8.78. The zero-order valence-corrected chi connectivity index (χ0v) is 16.5. The number of aromatic nitrogens is 5. The van der Waals surface area contributed by atoms with Gasteiger partial charge in [-0.05, 0) is 25.1 Å². The molecule has 28 heavy (non-hydrogen) atoms. The van der Waals surface area contributed by atoms with Gasteiger partial charge in [0.2, 0.25) is 0 Å². The van der Waals surface area contributed by atoms with Crippen LogP contribution in [0.1, 0.15) is 21.6 Å². The average Bonchev–Trinajstić information content (AvgIpc) is 3.19. The van der Waals surface area contributed by atoms with Gasteiger partial charge in [0.1, 0.15) is 11.3 Å². The number of nitrogens with zero attached hydrogens (tertiary/aromatic N) is 5. The Morgan fingerprint density at radius 1 is 1.21 bits per heavy atom. The van der Waals surface area contributed by atoms with Crippen molar-refractivity contribution in [3.63, 3.8) is 0 Å². The van der Waals surface area contributed by atoms with E-state index < -0.39 is 0 Å². The molecule has 4 rings (SSSR count). The van der Waals surface area contributed by atoms with Gasteiger partial charge >= 0.3 is 0 Å². The molecule has 0 unspecified atom stereocenters. The van der Waals surface area contributed by atoms with E-state index in [0.29, 0.717) is 34.1 Å². The van der Waals surface area contributed by atoms with Crippen molar-refractivity contribution in [2.24, 2.45) is 14.1 Å². The predicted octanol–water partition coefficient (Wildman–Crippen LogP) is 3.26. The summed E-state index contributed by atoms with van der Waals surface area (Å²) in [6.07, 6.45) is 3.32. The normalized spacial score (nSPS) is 11.1. The summed E-state index contributed by atoms with van der Waals surface area (Å²) in [5.74, 6) is 0.499. The first-order chi connectivity index (χ1) is 13.5. The topological polar surface area (TPSA) is 77.6 Å². The SMILES string of the molecule is Cc1c(CNC(=O)c2cnc3c(c2)nc(-c2ccccc2Cl)n3C)cnn1C. The molecular formula is C20H19ClN6O. The number of benzene rings is 1. The maximum atomic E-state index is 12.6. The van der Waals surface area contributed by atoms with Gasteiger partial charge in [-0.15, -0.1) is 0 Å². The van der Waals surface area contributed by atoms with E-state index in [1.807, 2.05) is 49.9 Å². The number of pyridine rings is 1. The van der Waals surface area contributed by atoms with Crippen molar-refractivity contribution in [2.75, 3.05) is 0 Å². The van der Waals surface area contributed by atoms with Crippen LogP contribution in [0.3, 0.4) is 0 Å². The smallest absolute Gasteiger partial charge is 0.253 e. The molecule has 0 saturated heterocycles. The van der Waals surface area contributed by atoms with E-state index in [4.69, 9.17) is 11.6 Å². The van der Waals surface area contributed by atoms with Crippen LogP contribution >= 0.6 is 11.6 Å². The van der Waals surface area contributed by atoms with Crippen LogP contribution in [0.4, 0.5) is 0 Å². The lowest BCUT2D eigenvalue weighted by Gasteiger charge is -2.05. The molecule has 0 aliphatic carbocycles. The minimum absolute atomic E-state index is 0.206. The van der Waals surface area contributed by atoms with E-state index in [1.165, 1.54) is 0 Å². The molecule has 3 aromatic heterocycles. The highest BCUT2D eigenvalue weighted by Crippen LogP contribution is 2.28. The van der Waals surface area contributed by atoms with Crippen LogP contribution in [-0.4, -0.2) is 30.2 Å². The molecular weight excluding hydrogens is 376 g/mol. The molecule has 142 valence electrons. The fraction of sp³-hybridized carbons (Fsp3) is 0.200. The number of rotatable bonds is 4. The molecule has 7 nitrogen and oxygen atoms in total. The highest BCUT2D eigenvalue weighted by atomic mass is 35.5. The predicted molar refractivity (Wildman–Crippen MR) is 108 cm³/mol. The summed E-state index contributed by atoms with van der Waals surface area (Å²) in [6.45, 7) is 2.37. The molecule has 3 heterocycles.